The Kier molecular flexibility index (Phi) is 4.76. The van der Waals surface area contributed by atoms with Crippen LogP contribution in [0.2, 0.25) is 5.02 Å². The van der Waals surface area contributed by atoms with E-state index >= 15 is 0 Å². The van der Waals surface area contributed by atoms with E-state index in [2.05, 4.69) is 4.98 Å². The number of nitrogens with zero attached hydrogens (tertiary/aromatic N) is 1. The van der Waals surface area contributed by atoms with Gasteiger partial charge in [-0.15, -0.1) is 0 Å². The molecule has 0 saturated heterocycles. The van der Waals surface area contributed by atoms with Gasteiger partial charge in [-0.3, -0.25) is 4.98 Å². The number of thiocarbonyl (C=S) groups is 1. The molecule has 0 radical (unpaired) electrons. The van der Waals surface area contributed by atoms with Crippen LogP contribution in [0.3, 0.4) is 0 Å². The van der Waals surface area contributed by atoms with Crippen molar-refractivity contribution in [1.29, 1.82) is 0 Å². The standard InChI is InChI=1S/C14H13ClN2O2S/c1-18-13-3-2-9(4-12(13)14(16)20)8-19-11-5-10(15)6-17-7-11/h2-7H,8H2,1H3,(H2,16,20). The molecule has 6 heteroatoms. The number of benzene rings is 1. The van der Waals surface area contributed by atoms with Crippen LogP contribution in [0.4, 0.5) is 0 Å². The summed E-state index contributed by atoms with van der Waals surface area (Å²) in [6.45, 7) is 0.363. The van der Waals surface area contributed by atoms with Gasteiger partial charge in [-0.25, -0.2) is 0 Å². The van der Waals surface area contributed by atoms with E-state index in [-0.39, 0.29) is 4.99 Å². The zero-order valence-corrected chi connectivity index (χ0v) is 12.4. The molecule has 104 valence electrons. The molecule has 2 N–H and O–H groups in total. The van der Waals surface area contributed by atoms with E-state index in [0.29, 0.717) is 28.7 Å². The number of hydrogen-bond acceptors (Lipinski definition) is 4. The van der Waals surface area contributed by atoms with Gasteiger partial charge in [0.05, 0.1) is 23.9 Å². The van der Waals surface area contributed by atoms with E-state index in [4.69, 9.17) is 39.0 Å². The summed E-state index contributed by atoms with van der Waals surface area (Å²) in [7, 11) is 1.57. The Morgan fingerprint density at radius 2 is 2.15 bits per heavy atom. The number of halogens is 1. The van der Waals surface area contributed by atoms with Crippen molar-refractivity contribution in [3.05, 3.63) is 52.8 Å². The first-order valence-corrected chi connectivity index (χ1v) is 6.59. The van der Waals surface area contributed by atoms with Gasteiger partial charge in [0, 0.05) is 12.3 Å². The van der Waals surface area contributed by atoms with Crippen molar-refractivity contribution in [3.63, 3.8) is 0 Å². The molecule has 0 unspecified atom stereocenters. The maximum atomic E-state index is 5.84. The SMILES string of the molecule is COc1ccc(COc2cncc(Cl)c2)cc1C(N)=S. The number of ether oxygens (including phenoxy) is 2. The third-order valence-electron chi connectivity index (χ3n) is 2.61. The minimum Gasteiger partial charge on any atom is -0.496 e. The average molecular weight is 309 g/mol. The molecule has 1 aromatic carbocycles. The van der Waals surface area contributed by atoms with E-state index < -0.39 is 0 Å². The van der Waals surface area contributed by atoms with Crippen LogP contribution in [0.1, 0.15) is 11.1 Å². The molecule has 0 fully saturated rings. The number of aromatic nitrogens is 1. The fourth-order valence-electron chi connectivity index (χ4n) is 1.68. The maximum Gasteiger partial charge on any atom is 0.139 e. The Labute approximate surface area is 127 Å². The highest BCUT2D eigenvalue weighted by atomic mass is 35.5. The van der Waals surface area contributed by atoms with Crippen molar-refractivity contribution in [2.45, 2.75) is 6.61 Å². The Morgan fingerprint density at radius 3 is 2.80 bits per heavy atom. The van der Waals surface area contributed by atoms with Crippen LogP contribution >= 0.6 is 23.8 Å². The number of rotatable bonds is 5. The molecule has 1 heterocycles. The third-order valence-corrected chi connectivity index (χ3v) is 3.04. The highest BCUT2D eigenvalue weighted by molar-refractivity contribution is 7.80. The second-order valence-electron chi connectivity index (χ2n) is 4.03. The van der Waals surface area contributed by atoms with Gasteiger partial charge in [0.25, 0.3) is 0 Å². The summed E-state index contributed by atoms with van der Waals surface area (Å²) < 4.78 is 10.8. The van der Waals surface area contributed by atoms with Gasteiger partial charge in [-0.2, -0.15) is 0 Å². The molecule has 0 aliphatic carbocycles. The molecule has 2 rings (SSSR count). The summed E-state index contributed by atoms with van der Waals surface area (Å²) in [6, 6.07) is 7.24. The van der Waals surface area contributed by atoms with Crippen LogP contribution in [0, 0.1) is 0 Å². The van der Waals surface area contributed by atoms with E-state index in [9.17, 15) is 0 Å². The van der Waals surface area contributed by atoms with E-state index in [1.165, 1.54) is 0 Å². The van der Waals surface area contributed by atoms with Crippen LogP contribution in [0.5, 0.6) is 11.5 Å². The van der Waals surface area contributed by atoms with Crippen molar-refractivity contribution < 1.29 is 9.47 Å². The molecule has 0 amide bonds. The first-order chi connectivity index (χ1) is 9.60. The lowest BCUT2D eigenvalue weighted by Gasteiger charge is -2.10. The van der Waals surface area contributed by atoms with Gasteiger partial charge in [-0.1, -0.05) is 29.9 Å². The van der Waals surface area contributed by atoms with Crippen molar-refractivity contribution in [1.82, 2.24) is 4.98 Å². The molecule has 1 aromatic heterocycles. The molecule has 20 heavy (non-hydrogen) atoms. The molecule has 2 aromatic rings. The Balaban J connectivity index is 2.14. The largest absolute Gasteiger partial charge is 0.496 e. The third kappa shape index (κ3) is 3.59. The molecule has 0 atom stereocenters. The molecule has 0 aliphatic heterocycles. The number of hydrogen-bond donors (Lipinski definition) is 1. The molecule has 0 aliphatic rings. The van der Waals surface area contributed by atoms with Crippen LogP contribution in [-0.4, -0.2) is 17.1 Å². The van der Waals surface area contributed by atoms with Crippen LogP contribution in [-0.2, 0) is 6.61 Å². The Bertz CT molecular complexity index is 634. The normalized spacial score (nSPS) is 10.1. The average Bonchev–Trinajstić information content (AvgIpc) is 2.45. The molecule has 0 saturated carbocycles. The molecule has 4 nitrogen and oxygen atoms in total. The number of pyridine rings is 1. The van der Waals surface area contributed by atoms with Crippen molar-refractivity contribution in [2.75, 3.05) is 7.11 Å². The van der Waals surface area contributed by atoms with Crippen molar-refractivity contribution >= 4 is 28.8 Å². The summed E-state index contributed by atoms with van der Waals surface area (Å²) in [5.41, 5.74) is 7.28. The summed E-state index contributed by atoms with van der Waals surface area (Å²) in [4.78, 5) is 4.24. The predicted molar refractivity (Wildman–Crippen MR) is 82.5 cm³/mol. The highest BCUT2D eigenvalue weighted by Crippen LogP contribution is 2.21. The fraction of sp³-hybridized carbons (Fsp3) is 0.143. The topological polar surface area (TPSA) is 57.4 Å². The van der Waals surface area contributed by atoms with Crippen LogP contribution in [0.15, 0.2) is 36.7 Å². The quantitative estimate of drug-likeness (QED) is 0.861. The monoisotopic (exact) mass is 308 g/mol. The minimum absolute atomic E-state index is 0.285. The second-order valence-corrected chi connectivity index (χ2v) is 4.90. The smallest absolute Gasteiger partial charge is 0.139 e. The van der Waals surface area contributed by atoms with Gasteiger partial charge in [0.15, 0.2) is 0 Å². The minimum atomic E-state index is 0.285. The van der Waals surface area contributed by atoms with Crippen LogP contribution in [0.25, 0.3) is 0 Å². The van der Waals surface area contributed by atoms with Gasteiger partial charge in [0.2, 0.25) is 0 Å². The molecular weight excluding hydrogens is 296 g/mol. The molecular formula is C14H13ClN2O2S. The zero-order chi connectivity index (χ0) is 14.5. The lowest BCUT2D eigenvalue weighted by Crippen LogP contribution is -2.12. The number of nitrogens with two attached hydrogens (primary N) is 1. The second kappa shape index (κ2) is 6.54. The maximum absolute atomic E-state index is 5.84. The van der Waals surface area contributed by atoms with Gasteiger partial charge < -0.3 is 15.2 Å². The van der Waals surface area contributed by atoms with E-state index in [1.54, 1.807) is 25.6 Å². The first kappa shape index (κ1) is 14.6. The fourth-order valence-corrected chi connectivity index (χ4v) is 2.00. The van der Waals surface area contributed by atoms with E-state index in [0.717, 1.165) is 5.56 Å². The van der Waals surface area contributed by atoms with Gasteiger partial charge >= 0.3 is 0 Å². The van der Waals surface area contributed by atoms with E-state index in [1.807, 2.05) is 18.2 Å². The Hall–Kier alpha value is -1.85. The lowest BCUT2D eigenvalue weighted by atomic mass is 10.1. The Morgan fingerprint density at radius 1 is 1.35 bits per heavy atom. The van der Waals surface area contributed by atoms with Gasteiger partial charge in [-0.05, 0) is 17.7 Å². The number of methoxy groups -OCH3 is 1. The van der Waals surface area contributed by atoms with Crippen LogP contribution < -0.4 is 15.2 Å². The van der Waals surface area contributed by atoms with Gasteiger partial charge in [0.1, 0.15) is 23.1 Å². The summed E-state index contributed by atoms with van der Waals surface area (Å²) in [5.74, 6) is 1.25. The van der Waals surface area contributed by atoms with Crippen molar-refractivity contribution in [3.8, 4) is 11.5 Å². The summed E-state index contributed by atoms with van der Waals surface area (Å²) in [6.07, 6.45) is 3.15. The predicted octanol–water partition coefficient (Wildman–Crippen LogP) is 2.96. The zero-order valence-electron chi connectivity index (χ0n) is 10.8. The summed E-state index contributed by atoms with van der Waals surface area (Å²) >= 11 is 10.8. The first-order valence-electron chi connectivity index (χ1n) is 5.80. The summed E-state index contributed by atoms with van der Waals surface area (Å²) in [5, 5.41) is 0.529. The van der Waals surface area contributed by atoms with Crippen molar-refractivity contribution in [2.24, 2.45) is 5.73 Å². The molecule has 0 spiro atoms. The lowest BCUT2D eigenvalue weighted by molar-refractivity contribution is 0.304. The highest BCUT2D eigenvalue weighted by Gasteiger charge is 2.07. The molecule has 0 bridgehead atoms.